The Hall–Kier alpha value is -6.64. The minimum Gasteiger partial charge on any atom is -0.309 e. The largest absolute Gasteiger partial charge is 0.309 e. The summed E-state index contributed by atoms with van der Waals surface area (Å²) in [6.07, 6.45) is 0. The predicted molar refractivity (Wildman–Crippen MR) is 224 cm³/mol. The molecule has 250 valence electrons. The van der Waals surface area contributed by atoms with Gasteiger partial charge >= 0.3 is 0 Å². The average Bonchev–Trinajstić information content (AvgIpc) is 3.81. The lowest BCUT2D eigenvalue weighted by Gasteiger charge is -2.22. The summed E-state index contributed by atoms with van der Waals surface area (Å²) in [6.45, 7) is 4.72. The van der Waals surface area contributed by atoms with Crippen molar-refractivity contribution in [2.24, 2.45) is 0 Å². The zero-order valence-corrected chi connectivity index (χ0v) is 29.7. The van der Waals surface area contributed by atoms with Crippen molar-refractivity contribution in [2.45, 2.75) is 19.3 Å². The van der Waals surface area contributed by atoms with Crippen LogP contribution in [-0.4, -0.2) is 9.13 Å². The topological polar surface area (TPSA) is 9.86 Å². The molecule has 2 heteroatoms. The third-order valence-electron chi connectivity index (χ3n) is 11.7. The molecule has 8 aromatic carbocycles. The molecule has 0 saturated heterocycles. The van der Waals surface area contributed by atoms with Crippen molar-refractivity contribution in [3.05, 3.63) is 193 Å². The molecule has 0 unspecified atom stereocenters. The van der Waals surface area contributed by atoms with Crippen molar-refractivity contribution in [2.75, 3.05) is 0 Å². The van der Waals surface area contributed by atoms with E-state index in [2.05, 4.69) is 205 Å². The first-order valence-corrected chi connectivity index (χ1v) is 18.5. The van der Waals surface area contributed by atoms with Gasteiger partial charge in [0.15, 0.2) is 0 Å². The zero-order chi connectivity index (χ0) is 35.3. The summed E-state index contributed by atoms with van der Waals surface area (Å²) in [5.74, 6) is 0. The molecule has 0 bridgehead atoms. The number of para-hydroxylation sites is 2. The van der Waals surface area contributed by atoms with Crippen LogP contribution in [0.5, 0.6) is 0 Å². The van der Waals surface area contributed by atoms with Gasteiger partial charge < -0.3 is 9.13 Å². The first-order valence-electron chi connectivity index (χ1n) is 18.5. The van der Waals surface area contributed by atoms with Gasteiger partial charge in [-0.1, -0.05) is 141 Å². The number of hydrogen-bond donors (Lipinski definition) is 0. The average molecular weight is 677 g/mol. The molecule has 0 radical (unpaired) electrons. The monoisotopic (exact) mass is 676 g/mol. The molecule has 2 aromatic heterocycles. The first-order chi connectivity index (χ1) is 26.0. The van der Waals surface area contributed by atoms with E-state index >= 15 is 0 Å². The molecule has 0 saturated carbocycles. The van der Waals surface area contributed by atoms with Gasteiger partial charge in [-0.25, -0.2) is 0 Å². The Morgan fingerprint density at radius 2 is 0.849 bits per heavy atom. The van der Waals surface area contributed by atoms with E-state index in [9.17, 15) is 0 Å². The summed E-state index contributed by atoms with van der Waals surface area (Å²) in [7, 11) is 0. The van der Waals surface area contributed by atoms with Crippen LogP contribution in [0.4, 0.5) is 0 Å². The van der Waals surface area contributed by atoms with E-state index in [1.54, 1.807) is 0 Å². The van der Waals surface area contributed by atoms with Crippen LogP contribution in [-0.2, 0) is 5.41 Å². The van der Waals surface area contributed by atoms with Crippen LogP contribution >= 0.6 is 0 Å². The van der Waals surface area contributed by atoms with E-state index in [-0.39, 0.29) is 5.41 Å². The summed E-state index contributed by atoms with van der Waals surface area (Å²) in [5, 5.41) is 5.05. The highest BCUT2D eigenvalue weighted by molar-refractivity contribution is 6.12. The van der Waals surface area contributed by atoms with Crippen molar-refractivity contribution in [3.8, 4) is 44.8 Å². The molecule has 2 heterocycles. The molecule has 10 aromatic rings. The Labute approximate surface area is 308 Å². The number of nitrogens with zero attached hydrogens (tertiary/aromatic N) is 2. The smallest absolute Gasteiger partial charge is 0.0547 e. The van der Waals surface area contributed by atoms with Gasteiger partial charge in [0.05, 0.1) is 22.1 Å². The molecule has 53 heavy (non-hydrogen) atoms. The first kappa shape index (κ1) is 30.0. The minimum atomic E-state index is -0.0651. The Morgan fingerprint density at radius 3 is 1.64 bits per heavy atom. The number of hydrogen-bond acceptors (Lipinski definition) is 0. The van der Waals surface area contributed by atoms with E-state index in [1.807, 2.05) is 0 Å². The highest BCUT2D eigenvalue weighted by Gasteiger charge is 2.35. The number of rotatable bonds is 4. The predicted octanol–water partition coefficient (Wildman–Crippen LogP) is 13.5. The minimum absolute atomic E-state index is 0.0651. The molecule has 11 rings (SSSR count). The molecular weight excluding hydrogens is 641 g/mol. The van der Waals surface area contributed by atoms with Crippen LogP contribution in [0.15, 0.2) is 182 Å². The molecule has 0 fully saturated rings. The van der Waals surface area contributed by atoms with Crippen LogP contribution in [0.3, 0.4) is 0 Å². The second-order valence-corrected chi connectivity index (χ2v) is 15.0. The Morgan fingerprint density at radius 1 is 0.321 bits per heavy atom. The lowest BCUT2D eigenvalue weighted by Crippen LogP contribution is -2.15. The molecule has 0 amide bonds. The zero-order valence-electron chi connectivity index (χ0n) is 29.7. The third-order valence-corrected chi connectivity index (χ3v) is 11.7. The highest BCUT2D eigenvalue weighted by Crippen LogP contribution is 2.49. The summed E-state index contributed by atoms with van der Waals surface area (Å²) in [5.41, 5.74) is 17.5. The van der Waals surface area contributed by atoms with Gasteiger partial charge in [-0.3, -0.25) is 0 Å². The van der Waals surface area contributed by atoms with E-state index in [0.29, 0.717) is 0 Å². The fourth-order valence-electron chi connectivity index (χ4n) is 9.12. The maximum atomic E-state index is 2.47. The Kier molecular flexibility index (Phi) is 6.33. The molecule has 0 atom stereocenters. The fourth-order valence-corrected chi connectivity index (χ4v) is 9.12. The molecule has 0 aliphatic heterocycles. The number of benzene rings is 8. The summed E-state index contributed by atoms with van der Waals surface area (Å²) in [4.78, 5) is 0. The van der Waals surface area contributed by atoms with Gasteiger partial charge in [-0.2, -0.15) is 0 Å². The van der Waals surface area contributed by atoms with E-state index < -0.39 is 0 Å². The van der Waals surface area contributed by atoms with Crippen molar-refractivity contribution >= 4 is 43.6 Å². The lowest BCUT2D eigenvalue weighted by atomic mass is 9.82. The molecule has 2 nitrogen and oxygen atoms in total. The van der Waals surface area contributed by atoms with Gasteiger partial charge in [-0.15, -0.1) is 0 Å². The van der Waals surface area contributed by atoms with Crippen molar-refractivity contribution < 1.29 is 0 Å². The van der Waals surface area contributed by atoms with Crippen LogP contribution < -0.4 is 0 Å². The highest BCUT2D eigenvalue weighted by atomic mass is 15.0. The fraction of sp³-hybridized carbons (Fsp3) is 0.0588. The summed E-state index contributed by atoms with van der Waals surface area (Å²) < 4.78 is 4.87. The van der Waals surface area contributed by atoms with Crippen molar-refractivity contribution in [1.29, 1.82) is 0 Å². The van der Waals surface area contributed by atoms with Gasteiger partial charge in [0, 0.05) is 38.3 Å². The van der Waals surface area contributed by atoms with Crippen LogP contribution in [0.2, 0.25) is 0 Å². The van der Waals surface area contributed by atoms with E-state index in [0.717, 1.165) is 5.69 Å². The van der Waals surface area contributed by atoms with E-state index in [4.69, 9.17) is 0 Å². The van der Waals surface area contributed by atoms with Crippen LogP contribution in [0.1, 0.15) is 25.0 Å². The van der Waals surface area contributed by atoms with Crippen molar-refractivity contribution in [1.82, 2.24) is 9.13 Å². The van der Waals surface area contributed by atoms with Gasteiger partial charge in [0.25, 0.3) is 0 Å². The molecule has 0 spiro atoms. The second kappa shape index (κ2) is 11.2. The Bertz CT molecular complexity index is 3060. The third kappa shape index (κ3) is 4.39. The maximum absolute atomic E-state index is 2.47. The molecule has 1 aliphatic carbocycles. The number of fused-ring (bicyclic) bond motifs is 9. The summed E-state index contributed by atoms with van der Waals surface area (Å²) >= 11 is 0. The normalized spacial score (nSPS) is 13.2. The molecule has 1 aliphatic rings. The maximum Gasteiger partial charge on any atom is 0.0547 e. The van der Waals surface area contributed by atoms with Gasteiger partial charge in [0.2, 0.25) is 0 Å². The SMILES string of the molecule is CC1(C)c2ccccc2-c2ccc(-n3c4ccccc4c4ccc(-c5ccc6c(c5)c5ccccc5n6-c5ccc(-c6ccccc6)cc5)cc43)cc21. The van der Waals surface area contributed by atoms with Crippen LogP contribution in [0.25, 0.3) is 88.4 Å². The van der Waals surface area contributed by atoms with Crippen molar-refractivity contribution in [3.63, 3.8) is 0 Å². The standard InChI is InChI=1S/C51H36N2/c1-51(2)45-17-9-6-14-39(45)40-28-26-38(32-46(40)51)53-47-18-10-7-15-41(47)43-27-22-36(31-50(43)53)35-23-29-49-44(30-35)42-16-8-11-19-48(42)52(49)37-24-20-34(21-25-37)33-12-4-3-5-13-33/h3-32H,1-2H3. The summed E-state index contributed by atoms with van der Waals surface area (Å²) in [6, 6.07) is 67.1. The lowest BCUT2D eigenvalue weighted by molar-refractivity contribution is 0.660. The quantitative estimate of drug-likeness (QED) is 0.176. The Balaban J connectivity index is 1.07. The van der Waals surface area contributed by atoms with Gasteiger partial charge in [0.1, 0.15) is 0 Å². The van der Waals surface area contributed by atoms with E-state index in [1.165, 1.54) is 93.8 Å². The van der Waals surface area contributed by atoms with Crippen LogP contribution in [0, 0.1) is 0 Å². The number of aromatic nitrogens is 2. The molecule has 0 N–H and O–H groups in total. The second-order valence-electron chi connectivity index (χ2n) is 15.0. The molecular formula is C51H36N2. The van der Waals surface area contributed by atoms with Gasteiger partial charge in [-0.05, 0) is 99.1 Å².